The van der Waals surface area contributed by atoms with Crippen molar-refractivity contribution in [2.45, 2.75) is 12.8 Å². The summed E-state index contributed by atoms with van der Waals surface area (Å²) in [5.74, 6) is 0.0465. The van der Waals surface area contributed by atoms with Crippen LogP contribution in [0.15, 0.2) is 60.7 Å². The highest BCUT2D eigenvalue weighted by atomic mass is 35.5. The molecule has 0 fully saturated rings. The molecule has 0 saturated heterocycles. The average molecular weight is 383 g/mol. The molecule has 6 heteroatoms. The minimum absolute atomic E-state index is 0.153. The van der Waals surface area contributed by atoms with E-state index in [2.05, 4.69) is 5.32 Å². The third-order valence-electron chi connectivity index (χ3n) is 4.07. The topological polar surface area (TPSA) is 81.4 Å². The number of benzene rings is 3. The van der Waals surface area contributed by atoms with E-state index in [1.165, 1.54) is 12.1 Å². The molecular formula is C21H19ClN2O3. The zero-order valence-corrected chi connectivity index (χ0v) is 15.3. The van der Waals surface area contributed by atoms with Crippen molar-refractivity contribution in [1.82, 2.24) is 0 Å². The minimum Gasteiger partial charge on any atom is -0.493 e. The van der Waals surface area contributed by atoms with E-state index in [4.69, 9.17) is 22.1 Å². The lowest BCUT2D eigenvalue weighted by Gasteiger charge is -2.10. The molecule has 0 spiro atoms. The third kappa shape index (κ3) is 4.77. The SMILES string of the molecule is NC(=O)c1ccc(NC(=O)CCCOc2cccc3ccccc23)cc1Cl. The zero-order valence-electron chi connectivity index (χ0n) is 14.6. The van der Waals surface area contributed by atoms with Gasteiger partial charge in [-0.25, -0.2) is 0 Å². The van der Waals surface area contributed by atoms with Crippen molar-refractivity contribution in [1.29, 1.82) is 0 Å². The third-order valence-corrected chi connectivity index (χ3v) is 4.39. The highest BCUT2D eigenvalue weighted by Gasteiger charge is 2.09. The van der Waals surface area contributed by atoms with Gasteiger partial charge in [0.1, 0.15) is 5.75 Å². The summed E-state index contributed by atoms with van der Waals surface area (Å²) < 4.78 is 5.83. The predicted octanol–water partition coefficient (Wildman–Crippen LogP) is 4.39. The Labute approximate surface area is 162 Å². The number of carbonyl (C=O) groups excluding carboxylic acids is 2. The smallest absolute Gasteiger partial charge is 0.250 e. The first-order valence-corrected chi connectivity index (χ1v) is 8.92. The minimum atomic E-state index is -0.608. The molecule has 138 valence electrons. The monoisotopic (exact) mass is 382 g/mol. The Kier molecular flexibility index (Phi) is 5.94. The van der Waals surface area contributed by atoms with Gasteiger partial charge in [-0.1, -0.05) is 48.0 Å². The fourth-order valence-electron chi connectivity index (χ4n) is 2.75. The number of halogens is 1. The average Bonchev–Trinajstić information content (AvgIpc) is 2.65. The second-order valence-electron chi connectivity index (χ2n) is 6.04. The van der Waals surface area contributed by atoms with Gasteiger partial charge >= 0.3 is 0 Å². The van der Waals surface area contributed by atoms with E-state index < -0.39 is 5.91 Å². The second kappa shape index (κ2) is 8.56. The Hall–Kier alpha value is -3.05. The Balaban J connectivity index is 1.50. The number of hydrogen-bond acceptors (Lipinski definition) is 3. The normalized spacial score (nSPS) is 10.6. The van der Waals surface area contributed by atoms with Gasteiger partial charge in [-0.05, 0) is 36.1 Å². The van der Waals surface area contributed by atoms with Gasteiger partial charge in [0, 0.05) is 17.5 Å². The first-order chi connectivity index (χ1) is 13.0. The van der Waals surface area contributed by atoms with Gasteiger partial charge in [0.25, 0.3) is 0 Å². The summed E-state index contributed by atoms with van der Waals surface area (Å²) in [5, 5.41) is 5.12. The lowest BCUT2D eigenvalue weighted by molar-refractivity contribution is -0.116. The van der Waals surface area contributed by atoms with E-state index in [0.717, 1.165) is 16.5 Å². The van der Waals surface area contributed by atoms with Gasteiger partial charge in [0.05, 0.1) is 17.2 Å². The number of primary amides is 1. The maximum absolute atomic E-state index is 12.1. The number of ether oxygens (including phenoxy) is 1. The maximum atomic E-state index is 12.1. The molecule has 3 aromatic carbocycles. The molecule has 3 rings (SSSR count). The van der Waals surface area contributed by atoms with Crippen molar-refractivity contribution in [3.05, 3.63) is 71.2 Å². The summed E-state index contributed by atoms with van der Waals surface area (Å²) in [6, 6.07) is 18.5. The molecule has 0 heterocycles. The van der Waals surface area contributed by atoms with Crippen molar-refractivity contribution in [3.8, 4) is 5.75 Å². The van der Waals surface area contributed by atoms with Crippen LogP contribution in [0.1, 0.15) is 23.2 Å². The Bertz CT molecular complexity index is 983. The summed E-state index contributed by atoms with van der Waals surface area (Å²) in [5.41, 5.74) is 5.94. The molecule has 0 radical (unpaired) electrons. The number of fused-ring (bicyclic) bond motifs is 1. The maximum Gasteiger partial charge on any atom is 0.250 e. The second-order valence-corrected chi connectivity index (χ2v) is 6.44. The van der Waals surface area contributed by atoms with Gasteiger partial charge in [-0.15, -0.1) is 0 Å². The van der Waals surface area contributed by atoms with Crippen LogP contribution in [0.25, 0.3) is 10.8 Å². The molecule has 5 nitrogen and oxygen atoms in total. The highest BCUT2D eigenvalue weighted by molar-refractivity contribution is 6.34. The van der Waals surface area contributed by atoms with E-state index in [9.17, 15) is 9.59 Å². The van der Waals surface area contributed by atoms with Crippen LogP contribution in [0.3, 0.4) is 0 Å². The number of nitrogens with one attached hydrogen (secondary N) is 1. The number of carbonyl (C=O) groups is 2. The van der Waals surface area contributed by atoms with Crippen LogP contribution in [-0.4, -0.2) is 18.4 Å². The van der Waals surface area contributed by atoms with Crippen LogP contribution in [0.2, 0.25) is 5.02 Å². The first kappa shape index (κ1) is 18.7. The lowest BCUT2D eigenvalue weighted by Crippen LogP contribution is -2.14. The van der Waals surface area contributed by atoms with Gasteiger partial charge in [-0.3, -0.25) is 9.59 Å². The number of amides is 2. The number of rotatable bonds is 7. The summed E-state index contributed by atoms with van der Waals surface area (Å²) >= 11 is 5.98. The van der Waals surface area contributed by atoms with Crippen molar-refractivity contribution in [2.24, 2.45) is 5.73 Å². The Morgan fingerprint density at radius 2 is 1.81 bits per heavy atom. The molecule has 0 atom stereocenters. The molecule has 27 heavy (non-hydrogen) atoms. The van der Waals surface area contributed by atoms with Crippen LogP contribution in [0, 0.1) is 0 Å². The number of anilines is 1. The Morgan fingerprint density at radius 3 is 2.59 bits per heavy atom. The Morgan fingerprint density at radius 1 is 1.04 bits per heavy atom. The van der Waals surface area contributed by atoms with Crippen LogP contribution in [-0.2, 0) is 4.79 Å². The summed E-state index contributed by atoms with van der Waals surface area (Å²) in [6.45, 7) is 0.433. The van der Waals surface area contributed by atoms with Crippen molar-refractivity contribution >= 4 is 39.9 Å². The van der Waals surface area contributed by atoms with Crippen molar-refractivity contribution in [2.75, 3.05) is 11.9 Å². The molecule has 3 N–H and O–H groups in total. The molecule has 2 amide bonds. The van der Waals surface area contributed by atoms with E-state index in [1.807, 2.05) is 42.5 Å². The molecule has 0 unspecified atom stereocenters. The number of hydrogen-bond donors (Lipinski definition) is 2. The standard InChI is InChI=1S/C21H19ClN2O3/c22-18-13-15(10-11-17(18)21(23)26)24-20(25)9-4-12-27-19-8-3-6-14-5-1-2-7-16(14)19/h1-3,5-8,10-11,13H,4,9,12H2,(H2,23,26)(H,24,25). The van der Waals surface area contributed by atoms with E-state index in [0.29, 0.717) is 25.1 Å². The van der Waals surface area contributed by atoms with Gasteiger partial charge in [0.15, 0.2) is 0 Å². The zero-order chi connectivity index (χ0) is 19.2. The molecule has 0 aliphatic heterocycles. The van der Waals surface area contributed by atoms with Crippen molar-refractivity contribution in [3.63, 3.8) is 0 Å². The molecule has 3 aromatic rings. The molecule has 0 bridgehead atoms. The van der Waals surface area contributed by atoms with Crippen LogP contribution in [0.5, 0.6) is 5.75 Å². The molecule has 0 aliphatic rings. The molecular weight excluding hydrogens is 364 g/mol. The highest BCUT2D eigenvalue weighted by Crippen LogP contribution is 2.25. The largest absolute Gasteiger partial charge is 0.493 e. The fraction of sp³-hybridized carbons (Fsp3) is 0.143. The van der Waals surface area contributed by atoms with Gasteiger partial charge in [0.2, 0.25) is 11.8 Å². The molecule has 0 aromatic heterocycles. The summed E-state index contributed by atoms with van der Waals surface area (Å²) in [6.07, 6.45) is 0.877. The van der Waals surface area contributed by atoms with E-state index in [-0.39, 0.29) is 16.5 Å². The quantitative estimate of drug-likeness (QED) is 0.594. The first-order valence-electron chi connectivity index (χ1n) is 8.54. The fourth-order valence-corrected chi connectivity index (χ4v) is 3.03. The van der Waals surface area contributed by atoms with Crippen LogP contribution in [0.4, 0.5) is 5.69 Å². The van der Waals surface area contributed by atoms with Crippen LogP contribution < -0.4 is 15.8 Å². The molecule has 0 saturated carbocycles. The van der Waals surface area contributed by atoms with Crippen molar-refractivity contribution < 1.29 is 14.3 Å². The van der Waals surface area contributed by atoms with Gasteiger partial charge < -0.3 is 15.8 Å². The lowest BCUT2D eigenvalue weighted by atomic mass is 10.1. The number of nitrogens with two attached hydrogens (primary N) is 1. The molecule has 0 aliphatic carbocycles. The van der Waals surface area contributed by atoms with E-state index in [1.54, 1.807) is 6.07 Å². The summed E-state index contributed by atoms with van der Waals surface area (Å²) in [7, 11) is 0. The van der Waals surface area contributed by atoms with Gasteiger partial charge in [-0.2, -0.15) is 0 Å². The summed E-state index contributed by atoms with van der Waals surface area (Å²) in [4.78, 5) is 23.2. The van der Waals surface area contributed by atoms with Crippen LogP contribution >= 0.6 is 11.6 Å². The predicted molar refractivity (Wildman–Crippen MR) is 107 cm³/mol. The van der Waals surface area contributed by atoms with E-state index >= 15 is 0 Å².